The van der Waals surface area contributed by atoms with E-state index in [4.69, 9.17) is 16.9 Å². The predicted octanol–water partition coefficient (Wildman–Crippen LogP) is 4.00. The lowest BCUT2D eigenvalue weighted by atomic mass is 10.1. The molecule has 2 rings (SSSR count). The molecule has 6 heteroatoms. The molecule has 120 valence electrons. The van der Waals surface area contributed by atoms with E-state index in [9.17, 15) is 9.59 Å². The van der Waals surface area contributed by atoms with E-state index in [0.717, 1.165) is 0 Å². The summed E-state index contributed by atoms with van der Waals surface area (Å²) >= 11 is 6.00. The van der Waals surface area contributed by atoms with Gasteiger partial charge in [-0.1, -0.05) is 35.9 Å². The molecule has 0 spiro atoms. The standard InChI is InChI=1S/C18H14ClN3O2/c1-12(23)13-5-4-6-15(9-13)22-18(24)14(10-20)11-21-17-8-3-2-7-16(17)19/h2-9,11,21H,1H3,(H,22,24)/b14-11-. The molecule has 0 aliphatic rings. The second-order valence-corrected chi connectivity index (χ2v) is 5.29. The first-order valence-corrected chi connectivity index (χ1v) is 7.42. The number of carbonyl (C=O) groups excluding carboxylic acids is 2. The van der Waals surface area contributed by atoms with Crippen molar-refractivity contribution in [2.75, 3.05) is 10.6 Å². The summed E-state index contributed by atoms with van der Waals surface area (Å²) in [5.74, 6) is -0.694. The Morgan fingerprint density at radius 2 is 1.92 bits per heavy atom. The van der Waals surface area contributed by atoms with Crippen LogP contribution in [0.2, 0.25) is 5.02 Å². The van der Waals surface area contributed by atoms with Gasteiger partial charge in [0.25, 0.3) is 5.91 Å². The van der Waals surface area contributed by atoms with Crippen molar-refractivity contribution in [2.24, 2.45) is 0 Å². The summed E-state index contributed by atoms with van der Waals surface area (Å²) in [4.78, 5) is 23.5. The SMILES string of the molecule is CC(=O)c1cccc(NC(=O)/C(C#N)=C\Nc2ccccc2Cl)c1. The molecule has 2 aromatic carbocycles. The number of nitrogens with zero attached hydrogens (tertiary/aromatic N) is 1. The lowest BCUT2D eigenvalue weighted by molar-refractivity contribution is -0.112. The van der Waals surface area contributed by atoms with Crippen LogP contribution in [0.5, 0.6) is 0 Å². The first-order valence-electron chi connectivity index (χ1n) is 7.05. The number of para-hydroxylation sites is 1. The molecule has 5 nitrogen and oxygen atoms in total. The highest BCUT2D eigenvalue weighted by atomic mass is 35.5. The molecule has 24 heavy (non-hydrogen) atoms. The summed E-state index contributed by atoms with van der Waals surface area (Å²) in [6.07, 6.45) is 1.28. The molecule has 0 heterocycles. The molecular weight excluding hydrogens is 326 g/mol. The van der Waals surface area contributed by atoms with Crippen molar-refractivity contribution in [1.82, 2.24) is 0 Å². The molecule has 0 fully saturated rings. The van der Waals surface area contributed by atoms with Gasteiger partial charge in [0, 0.05) is 17.5 Å². The quantitative estimate of drug-likeness (QED) is 0.490. The third-order valence-electron chi connectivity index (χ3n) is 3.14. The zero-order valence-electron chi connectivity index (χ0n) is 12.8. The smallest absolute Gasteiger partial charge is 0.267 e. The molecule has 1 amide bonds. The molecule has 0 aliphatic heterocycles. The van der Waals surface area contributed by atoms with Crippen LogP contribution in [0, 0.1) is 11.3 Å². The second-order valence-electron chi connectivity index (χ2n) is 4.89. The van der Waals surface area contributed by atoms with E-state index in [-0.39, 0.29) is 11.4 Å². The molecule has 2 aromatic rings. The van der Waals surface area contributed by atoms with Crippen molar-refractivity contribution in [3.05, 3.63) is 70.9 Å². The van der Waals surface area contributed by atoms with Gasteiger partial charge in [0.2, 0.25) is 0 Å². The molecule has 0 unspecified atom stereocenters. The summed E-state index contributed by atoms with van der Waals surface area (Å²) in [7, 11) is 0. The van der Waals surface area contributed by atoms with Crippen molar-refractivity contribution < 1.29 is 9.59 Å². The Balaban J connectivity index is 2.13. The number of ketones is 1. The van der Waals surface area contributed by atoms with Crippen LogP contribution < -0.4 is 10.6 Å². The van der Waals surface area contributed by atoms with E-state index in [0.29, 0.717) is 22.0 Å². The Kier molecular flexibility index (Phi) is 5.72. The van der Waals surface area contributed by atoms with E-state index >= 15 is 0 Å². The number of hydrogen-bond acceptors (Lipinski definition) is 4. The van der Waals surface area contributed by atoms with Gasteiger partial charge >= 0.3 is 0 Å². The van der Waals surface area contributed by atoms with Gasteiger partial charge in [0.05, 0.1) is 10.7 Å². The fourth-order valence-electron chi connectivity index (χ4n) is 1.89. The fourth-order valence-corrected chi connectivity index (χ4v) is 2.08. The van der Waals surface area contributed by atoms with Gasteiger partial charge < -0.3 is 10.6 Å². The third-order valence-corrected chi connectivity index (χ3v) is 3.47. The largest absolute Gasteiger partial charge is 0.359 e. The van der Waals surface area contributed by atoms with Gasteiger partial charge in [0.1, 0.15) is 11.6 Å². The number of benzene rings is 2. The maximum Gasteiger partial charge on any atom is 0.267 e. The topological polar surface area (TPSA) is 82.0 Å². The minimum absolute atomic E-state index is 0.109. The molecule has 0 aromatic heterocycles. The highest BCUT2D eigenvalue weighted by molar-refractivity contribution is 6.33. The monoisotopic (exact) mass is 339 g/mol. The Hall–Kier alpha value is -3.10. The summed E-state index contributed by atoms with van der Waals surface area (Å²) < 4.78 is 0. The van der Waals surface area contributed by atoms with Crippen LogP contribution in [0.25, 0.3) is 0 Å². The minimum Gasteiger partial charge on any atom is -0.359 e. The van der Waals surface area contributed by atoms with E-state index in [1.165, 1.54) is 13.1 Å². The van der Waals surface area contributed by atoms with Crippen LogP contribution >= 0.6 is 11.6 Å². The molecule has 0 aliphatic carbocycles. The van der Waals surface area contributed by atoms with E-state index in [2.05, 4.69) is 10.6 Å². The Bertz CT molecular complexity index is 853. The number of Topliss-reactive ketones (excluding diaryl/α,β-unsaturated/α-hetero) is 1. The summed E-state index contributed by atoms with van der Waals surface area (Å²) in [5, 5.41) is 15.0. The molecule has 0 saturated carbocycles. The van der Waals surface area contributed by atoms with Crippen molar-refractivity contribution >= 4 is 34.7 Å². The molecule has 0 saturated heterocycles. The van der Waals surface area contributed by atoms with E-state index in [1.54, 1.807) is 48.5 Å². The molecule has 2 N–H and O–H groups in total. The number of halogens is 1. The van der Waals surface area contributed by atoms with Gasteiger partial charge in [-0.15, -0.1) is 0 Å². The van der Waals surface area contributed by atoms with E-state index in [1.807, 2.05) is 6.07 Å². The molecular formula is C18H14ClN3O2. The molecule has 0 bridgehead atoms. The zero-order chi connectivity index (χ0) is 17.5. The maximum absolute atomic E-state index is 12.2. The normalized spacial score (nSPS) is 10.6. The van der Waals surface area contributed by atoms with Crippen LogP contribution in [-0.2, 0) is 4.79 Å². The number of rotatable bonds is 5. The van der Waals surface area contributed by atoms with E-state index < -0.39 is 5.91 Å². The number of nitriles is 1. The van der Waals surface area contributed by atoms with Crippen LogP contribution in [0.3, 0.4) is 0 Å². The van der Waals surface area contributed by atoms with Crippen LogP contribution in [0.1, 0.15) is 17.3 Å². The van der Waals surface area contributed by atoms with Gasteiger partial charge in [0.15, 0.2) is 5.78 Å². The number of anilines is 2. The lowest BCUT2D eigenvalue weighted by Gasteiger charge is -2.07. The van der Waals surface area contributed by atoms with Gasteiger partial charge in [-0.3, -0.25) is 9.59 Å². The Morgan fingerprint density at radius 3 is 2.58 bits per heavy atom. The van der Waals surface area contributed by atoms with Crippen molar-refractivity contribution in [3.8, 4) is 6.07 Å². The number of hydrogen-bond donors (Lipinski definition) is 2. The predicted molar refractivity (Wildman–Crippen MR) is 93.8 cm³/mol. The third kappa shape index (κ3) is 4.45. The number of amides is 1. The number of carbonyl (C=O) groups is 2. The van der Waals surface area contributed by atoms with Gasteiger partial charge in [-0.25, -0.2) is 0 Å². The fraction of sp³-hybridized carbons (Fsp3) is 0.0556. The minimum atomic E-state index is -0.585. The first kappa shape index (κ1) is 17.3. The van der Waals surface area contributed by atoms with Crippen LogP contribution in [0.15, 0.2) is 60.3 Å². The lowest BCUT2D eigenvalue weighted by Crippen LogP contribution is -2.15. The average Bonchev–Trinajstić information content (AvgIpc) is 2.57. The summed E-state index contributed by atoms with van der Waals surface area (Å²) in [5.41, 5.74) is 1.37. The van der Waals surface area contributed by atoms with Crippen molar-refractivity contribution in [1.29, 1.82) is 5.26 Å². The Labute approximate surface area is 144 Å². The summed E-state index contributed by atoms with van der Waals surface area (Å²) in [6.45, 7) is 1.44. The average molecular weight is 340 g/mol. The number of nitrogens with one attached hydrogen (secondary N) is 2. The van der Waals surface area contributed by atoms with Crippen molar-refractivity contribution in [2.45, 2.75) is 6.92 Å². The zero-order valence-corrected chi connectivity index (χ0v) is 13.6. The van der Waals surface area contributed by atoms with Crippen LogP contribution in [0.4, 0.5) is 11.4 Å². The van der Waals surface area contributed by atoms with Crippen molar-refractivity contribution in [3.63, 3.8) is 0 Å². The van der Waals surface area contributed by atoms with Crippen LogP contribution in [-0.4, -0.2) is 11.7 Å². The first-order chi connectivity index (χ1) is 11.5. The summed E-state index contributed by atoms with van der Waals surface area (Å²) in [6, 6.07) is 15.3. The second kappa shape index (κ2) is 7.95. The Morgan fingerprint density at radius 1 is 1.17 bits per heavy atom. The highest BCUT2D eigenvalue weighted by Gasteiger charge is 2.10. The van der Waals surface area contributed by atoms with Gasteiger partial charge in [-0.05, 0) is 31.2 Å². The maximum atomic E-state index is 12.2. The van der Waals surface area contributed by atoms with Gasteiger partial charge in [-0.2, -0.15) is 5.26 Å². The highest BCUT2D eigenvalue weighted by Crippen LogP contribution is 2.20. The molecule has 0 atom stereocenters. The molecule has 0 radical (unpaired) electrons.